The number of nitrogens with zero attached hydrogens (tertiary/aromatic N) is 4. The van der Waals surface area contributed by atoms with Crippen molar-refractivity contribution in [1.29, 1.82) is 0 Å². The van der Waals surface area contributed by atoms with E-state index in [4.69, 9.17) is 4.74 Å². The van der Waals surface area contributed by atoms with E-state index >= 15 is 0 Å². The molecular weight excluding hydrogens is 266 g/mol. The van der Waals surface area contributed by atoms with E-state index in [0.717, 1.165) is 45.2 Å². The molecule has 0 saturated carbocycles. The highest BCUT2D eigenvalue weighted by atomic mass is 16.5. The number of ether oxygens (including phenoxy) is 1. The van der Waals surface area contributed by atoms with Gasteiger partial charge in [-0.3, -0.25) is 9.67 Å². The summed E-state index contributed by atoms with van der Waals surface area (Å²) in [5.74, 6) is 1.63. The number of nitrogens with one attached hydrogen (secondary N) is 1. The Morgan fingerprint density at radius 1 is 1.57 bits per heavy atom. The van der Waals surface area contributed by atoms with Crippen LogP contribution in [0.15, 0.2) is 17.4 Å². The van der Waals surface area contributed by atoms with Gasteiger partial charge in [0, 0.05) is 52.5 Å². The second kappa shape index (κ2) is 8.02. The minimum atomic E-state index is 0.626. The summed E-state index contributed by atoms with van der Waals surface area (Å²) < 4.78 is 7.23. The molecule has 1 aromatic rings. The number of rotatable bonds is 6. The molecule has 2 rings (SSSR count). The molecule has 0 spiro atoms. The van der Waals surface area contributed by atoms with Crippen LogP contribution in [0.4, 0.5) is 0 Å². The van der Waals surface area contributed by atoms with Gasteiger partial charge in [-0.25, -0.2) is 0 Å². The third-order valence-electron chi connectivity index (χ3n) is 3.81. The average Bonchev–Trinajstić information content (AvgIpc) is 3.09. The molecule has 0 radical (unpaired) electrons. The smallest absolute Gasteiger partial charge is 0.193 e. The molecule has 6 nitrogen and oxygen atoms in total. The Kier molecular flexibility index (Phi) is 6.04. The molecule has 1 unspecified atom stereocenters. The molecule has 1 fully saturated rings. The first kappa shape index (κ1) is 15.8. The number of likely N-dealkylation sites (tertiary alicyclic amines) is 1. The fourth-order valence-corrected chi connectivity index (χ4v) is 2.76. The molecular formula is C15H27N5O. The van der Waals surface area contributed by atoms with E-state index in [1.807, 2.05) is 17.9 Å². The van der Waals surface area contributed by atoms with Crippen molar-refractivity contribution in [2.75, 3.05) is 40.4 Å². The number of aromatic nitrogens is 2. The summed E-state index contributed by atoms with van der Waals surface area (Å²) in [6.07, 6.45) is 6.19. The number of aryl methyl sites for hydroxylation is 2. The van der Waals surface area contributed by atoms with E-state index in [9.17, 15) is 0 Å². The molecule has 0 amide bonds. The molecule has 2 heterocycles. The van der Waals surface area contributed by atoms with Crippen molar-refractivity contribution < 1.29 is 4.74 Å². The molecule has 21 heavy (non-hydrogen) atoms. The van der Waals surface area contributed by atoms with Crippen LogP contribution >= 0.6 is 0 Å². The Balaban J connectivity index is 1.68. The zero-order valence-electron chi connectivity index (χ0n) is 13.4. The summed E-state index contributed by atoms with van der Waals surface area (Å²) >= 11 is 0. The quantitative estimate of drug-likeness (QED) is 0.485. The van der Waals surface area contributed by atoms with Crippen LogP contribution < -0.4 is 5.32 Å². The molecule has 1 atom stereocenters. The van der Waals surface area contributed by atoms with Gasteiger partial charge >= 0.3 is 0 Å². The molecule has 0 aromatic carbocycles. The van der Waals surface area contributed by atoms with Crippen LogP contribution in [0.5, 0.6) is 0 Å². The third kappa shape index (κ3) is 4.74. The summed E-state index contributed by atoms with van der Waals surface area (Å²) in [6.45, 7) is 6.85. The van der Waals surface area contributed by atoms with Crippen molar-refractivity contribution in [2.24, 2.45) is 10.9 Å². The Hall–Kier alpha value is -1.56. The van der Waals surface area contributed by atoms with Crippen LogP contribution in [-0.2, 0) is 11.3 Å². The van der Waals surface area contributed by atoms with E-state index in [-0.39, 0.29) is 0 Å². The lowest BCUT2D eigenvalue weighted by Crippen LogP contribution is -2.40. The summed E-state index contributed by atoms with van der Waals surface area (Å²) in [5.41, 5.74) is 1.21. The second-order valence-corrected chi connectivity index (χ2v) is 5.66. The van der Waals surface area contributed by atoms with Crippen molar-refractivity contribution in [1.82, 2.24) is 20.0 Å². The highest BCUT2D eigenvalue weighted by Crippen LogP contribution is 2.16. The van der Waals surface area contributed by atoms with Gasteiger partial charge < -0.3 is 15.0 Å². The van der Waals surface area contributed by atoms with Crippen molar-refractivity contribution in [2.45, 2.75) is 26.3 Å². The molecule has 118 valence electrons. The van der Waals surface area contributed by atoms with Crippen molar-refractivity contribution >= 4 is 5.96 Å². The van der Waals surface area contributed by atoms with Crippen molar-refractivity contribution in [3.05, 3.63) is 18.0 Å². The number of guanidine groups is 1. The molecule has 1 saturated heterocycles. The number of aliphatic imine (C=N–C) groups is 1. The van der Waals surface area contributed by atoms with Gasteiger partial charge in [-0.1, -0.05) is 0 Å². The average molecular weight is 293 g/mol. The number of hydrogen-bond acceptors (Lipinski definition) is 3. The lowest BCUT2D eigenvalue weighted by atomic mass is 10.1. The van der Waals surface area contributed by atoms with Gasteiger partial charge in [-0.15, -0.1) is 0 Å². The maximum absolute atomic E-state index is 5.24. The first-order valence-corrected chi connectivity index (χ1v) is 7.66. The van der Waals surface area contributed by atoms with Crippen LogP contribution in [0.3, 0.4) is 0 Å². The van der Waals surface area contributed by atoms with Crippen molar-refractivity contribution in [3.63, 3.8) is 0 Å². The highest BCUT2D eigenvalue weighted by Gasteiger charge is 2.24. The molecule has 6 heteroatoms. The summed E-state index contributed by atoms with van der Waals surface area (Å²) in [5, 5.41) is 7.74. The van der Waals surface area contributed by atoms with Crippen LogP contribution in [0, 0.1) is 12.8 Å². The van der Waals surface area contributed by atoms with E-state index in [1.54, 1.807) is 7.11 Å². The Bertz CT molecular complexity index is 457. The standard InChI is InChI=1S/C15H27N5O/c1-13-9-18-20(10-13)7-4-6-17-15(16-2)19-8-5-14(11-19)12-21-3/h9-10,14H,4-8,11-12H2,1-3H3,(H,16,17). The monoisotopic (exact) mass is 293 g/mol. The Morgan fingerprint density at radius 3 is 3.10 bits per heavy atom. The van der Waals surface area contributed by atoms with Gasteiger partial charge in [0.15, 0.2) is 5.96 Å². The molecule has 0 aliphatic carbocycles. The maximum Gasteiger partial charge on any atom is 0.193 e. The van der Waals surface area contributed by atoms with E-state index in [2.05, 4.69) is 33.4 Å². The van der Waals surface area contributed by atoms with Gasteiger partial charge in [-0.05, 0) is 25.3 Å². The molecule has 1 aromatic heterocycles. The van der Waals surface area contributed by atoms with Gasteiger partial charge in [0.25, 0.3) is 0 Å². The summed E-state index contributed by atoms with van der Waals surface area (Å²) in [7, 11) is 3.62. The number of hydrogen-bond donors (Lipinski definition) is 1. The summed E-state index contributed by atoms with van der Waals surface area (Å²) in [6, 6.07) is 0. The first-order valence-electron chi connectivity index (χ1n) is 7.66. The van der Waals surface area contributed by atoms with Gasteiger partial charge in [0.2, 0.25) is 0 Å². The zero-order valence-corrected chi connectivity index (χ0v) is 13.4. The van der Waals surface area contributed by atoms with Crippen LogP contribution in [-0.4, -0.2) is 61.0 Å². The third-order valence-corrected chi connectivity index (χ3v) is 3.81. The Labute approximate surface area is 127 Å². The molecule has 1 aliphatic heterocycles. The highest BCUT2D eigenvalue weighted by molar-refractivity contribution is 5.80. The van der Waals surface area contributed by atoms with Crippen LogP contribution in [0.1, 0.15) is 18.4 Å². The van der Waals surface area contributed by atoms with Crippen molar-refractivity contribution in [3.8, 4) is 0 Å². The first-order chi connectivity index (χ1) is 10.2. The zero-order chi connectivity index (χ0) is 15.1. The lowest BCUT2D eigenvalue weighted by Gasteiger charge is -2.21. The minimum absolute atomic E-state index is 0.626. The maximum atomic E-state index is 5.24. The van der Waals surface area contributed by atoms with E-state index in [1.165, 1.54) is 12.0 Å². The van der Waals surface area contributed by atoms with Gasteiger partial charge in [-0.2, -0.15) is 5.10 Å². The SMILES string of the molecule is CN=C(NCCCn1cc(C)cn1)N1CCC(COC)C1. The molecule has 1 N–H and O–H groups in total. The topological polar surface area (TPSA) is 54.7 Å². The van der Waals surface area contributed by atoms with Crippen LogP contribution in [0.25, 0.3) is 0 Å². The van der Waals surface area contributed by atoms with E-state index < -0.39 is 0 Å². The normalized spacial score (nSPS) is 19.3. The van der Waals surface area contributed by atoms with E-state index in [0.29, 0.717) is 5.92 Å². The number of methoxy groups -OCH3 is 1. The predicted molar refractivity (Wildman–Crippen MR) is 84.5 cm³/mol. The second-order valence-electron chi connectivity index (χ2n) is 5.66. The van der Waals surface area contributed by atoms with Gasteiger partial charge in [0.05, 0.1) is 12.8 Å². The van der Waals surface area contributed by atoms with Crippen LogP contribution in [0.2, 0.25) is 0 Å². The fraction of sp³-hybridized carbons (Fsp3) is 0.733. The minimum Gasteiger partial charge on any atom is -0.384 e. The largest absolute Gasteiger partial charge is 0.384 e. The summed E-state index contributed by atoms with van der Waals surface area (Å²) in [4.78, 5) is 6.70. The molecule has 0 bridgehead atoms. The molecule has 1 aliphatic rings. The lowest BCUT2D eigenvalue weighted by molar-refractivity contribution is 0.157. The van der Waals surface area contributed by atoms with Gasteiger partial charge in [0.1, 0.15) is 0 Å². The predicted octanol–water partition coefficient (Wildman–Crippen LogP) is 1.13. The Morgan fingerprint density at radius 2 is 2.43 bits per heavy atom. The fourth-order valence-electron chi connectivity index (χ4n) is 2.76.